The Hall–Kier alpha value is -2.37. The molecule has 1 atom stereocenters. The molecule has 2 heterocycles. The summed E-state index contributed by atoms with van der Waals surface area (Å²) in [5.74, 6) is 2.84. The average Bonchev–Trinajstić information content (AvgIpc) is 3.13. The molecule has 2 aromatic carbocycles. The first-order valence-corrected chi connectivity index (χ1v) is 11.6. The van der Waals surface area contributed by atoms with Gasteiger partial charge in [-0.05, 0) is 68.1 Å². The molecule has 1 saturated heterocycles. The Morgan fingerprint density at radius 2 is 2.03 bits per heavy atom. The summed E-state index contributed by atoms with van der Waals surface area (Å²) in [6.45, 7) is 8.94. The van der Waals surface area contributed by atoms with E-state index in [1.807, 2.05) is 6.07 Å². The zero-order valence-electron chi connectivity index (χ0n) is 19.3. The number of ether oxygens (including phenoxy) is 1. The minimum absolute atomic E-state index is 0.730. The zero-order valence-corrected chi connectivity index (χ0v) is 19.3. The Balaban J connectivity index is 1.32. The average molecular weight is 421 g/mol. The Morgan fingerprint density at radius 1 is 1.16 bits per heavy atom. The summed E-state index contributed by atoms with van der Waals surface area (Å²) < 4.78 is 7.62. The van der Waals surface area contributed by atoms with E-state index in [4.69, 9.17) is 9.72 Å². The number of aromatic nitrogens is 2. The van der Waals surface area contributed by atoms with Crippen molar-refractivity contribution >= 4 is 11.0 Å². The first-order chi connectivity index (χ1) is 15.2. The molecule has 0 aliphatic carbocycles. The molecule has 3 aromatic rings. The van der Waals surface area contributed by atoms with Gasteiger partial charge in [-0.2, -0.15) is 0 Å². The van der Waals surface area contributed by atoms with E-state index in [9.17, 15) is 0 Å². The monoisotopic (exact) mass is 420 g/mol. The minimum atomic E-state index is 0.730. The number of hydrogen-bond donors (Lipinski definition) is 0. The highest BCUT2D eigenvalue weighted by Gasteiger charge is 2.22. The van der Waals surface area contributed by atoms with Crippen LogP contribution in [0, 0.1) is 5.92 Å². The van der Waals surface area contributed by atoms with E-state index in [2.05, 4.69) is 70.8 Å². The second kappa shape index (κ2) is 10.3. The fourth-order valence-electron chi connectivity index (χ4n) is 4.83. The Bertz CT molecular complexity index is 982. The third-order valence-corrected chi connectivity index (χ3v) is 6.66. The van der Waals surface area contributed by atoms with Crippen molar-refractivity contribution in [3.8, 4) is 5.75 Å². The van der Waals surface area contributed by atoms with Gasteiger partial charge in [0.05, 0.1) is 24.7 Å². The summed E-state index contributed by atoms with van der Waals surface area (Å²) in [6, 6.07) is 16.9. The van der Waals surface area contributed by atoms with Crippen molar-refractivity contribution in [2.75, 3.05) is 39.8 Å². The molecule has 1 unspecified atom stereocenters. The molecule has 5 nitrogen and oxygen atoms in total. The quantitative estimate of drug-likeness (QED) is 0.515. The van der Waals surface area contributed by atoms with Crippen LogP contribution in [0.1, 0.15) is 31.2 Å². The van der Waals surface area contributed by atoms with Gasteiger partial charge in [-0.3, -0.25) is 4.90 Å². The number of imidazole rings is 1. The third kappa shape index (κ3) is 5.46. The maximum absolute atomic E-state index is 5.37. The number of methoxy groups -OCH3 is 1. The predicted octanol–water partition coefficient (Wildman–Crippen LogP) is 4.36. The van der Waals surface area contributed by atoms with E-state index in [1.165, 1.54) is 37.0 Å². The maximum Gasteiger partial charge on any atom is 0.123 e. The Kier molecular flexibility index (Phi) is 7.25. The smallest absolute Gasteiger partial charge is 0.123 e. The Morgan fingerprint density at radius 3 is 2.84 bits per heavy atom. The first kappa shape index (κ1) is 21.8. The van der Waals surface area contributed by atoms with Crippen molar-refractivity contribution in [3.05, 3.63) is 59.9 Å². The van der Waals surface area contributed by atoms with Crippen molar-refractivity contribution in [2.45, 2.75) is 32.7 Å². The van der Waals surface area contributed by atoms with Crippen molar-refractivity contribution in [3.63, 3.8) is 0 Å². The summed E-state index contributed by atoms with van der Waals surface area (Å²) in [7, 11) is 3.88. The number of rotatable bonds is 9. The topological polar surface area (TPSA) is 33.5 Å². The lowest BCUT2D eigenvalue weighted by atomic mass is 9.97. The molecule has 1 aliphatic rings. The molecule has 4 rings (SSSR count). The van der Waals surface area contributed by atoms with Crippen LogP contribution in [0.15, 0.2) is 48.5 Å². The lowest BCUT2D eigenvalue weighted by Gasteiger charge is -2.35. The molecule has 0 amide bonds. The van der Waals surface area contributed by atoms with Gasteiger partial charge in [0.15, 0.2) is 0 Å². The molecule has 5 heteroatoms. The third-order valence-electron chi connectivity index (χ3n) is 6.66. The zero-order chi connectivity index (χ0) is 21.6. The second-order valence-electron chi connectivity index (χ2n) is 8.81. The normalized spacial score (nSPS) is 17.5. The number of piperidine rings is 1. The molecule has 0 saturated carbocycles. The lowest BCUT2D eigenvalue weighted by molar-refractivity contribution is 0.131. The van der Waals surface area contributed by atoms with E-state index < -0.39 is 0 Å². The fraction of sp³-hybridized carbons (Fsp3) is 0.500. The summed E-state index contributed by atoms with van der Waals surface area (Å²) in [4.78, 5) is 10.1. The number of aryl methyl sites for hydroxylation is 1. The van der Waals surface area contributed by atoms with Crippen molar-refractivity contribution in [1.82, 2.24) is 19.4 Å². The largest absolute Gasteiger partial charge is 0.497 e. The summed E-state index contributed by atoms with van der Waals surface area (Å²) in [5.41, 5.74) is 3.67. The van der Waals surface area contributed by atoms with Gasteiger partial charge < -0.3 is 14.2 Å². The number of hydrogen-bond acceptors (Lipinski definition) is 4. The highest BCUT2D eigenvalue weighted by molar-refractivity contribution is 5.75. The Labute approximate surface area is 186 Å². The summed E-state index contributed by atoms with van der Waals surface area (Å²) >= 11 is 0. The van der Waals surface area contributed by atoms with E-state index >= 15 is 0 Å². The molecule has 1 fully saturated rings. The molecule has 31 heavy (non-hydrogen) atoms. The van der Waals surface area contributed by atoms with Crippen LogP contribution in [-0.4, -0.2) is 59.2 Å². The lowest BCUT2D eigenvalue weighted by Crippen LogP contribution is -2.41. The molecule has 1 aliphatic heterocycles. The molecule has 0 radical (unpaired) electrons. The van der Waals surface area contributed by atoms with E-state index in [0.29, 0.717) is 0 Å². The van der Waals surface area contributed by atoms with E-state index in [1.54, 1.807) is 7.11 Å². The van der Waals surface area contributed by atoms with E-state index in [0.717, 1.165) is 55.6 Å². The number of para-hydroxylation sites is 2. The van der Waals surface area contributed by atoms with Gasteiger partial charge in [0.2, 0.25) is 0 Å². The fourth-order valence-corrected chi connectivity index (χ4v) is 4.83. The number of fused-ring (bicyclic) bond motifs is 1. The first-order valence-electron chi connectivity index (χ1n) is 11.6. The van der Waals surface area contributed by atoms with Crippen molar-refractivity contribution in [2.24, 2.45) is 13.0 Å². The SMILES string of the molecule is CCN(Cc1nc2ccccc2n1C)CC1CCCN(CCc2cccc(OC)c2)C1. The molecular formula is C26H36N4O. The highest BCUT2D eigenvalue weighted by Crippen LogP contribution is 2.21. The van der Waals surface area contributed by atoms with Gasteiger partial charge in [-0.25, -0.2) is 4.98 Å². The predicted molar refractivity (Wildman–Crippen MR) is 128 cm³/mol. The highest BCUT2D eigenvalue weighted by atomic mass is 16.5. The van der Waals surface area contributed by atoms with Crippen LogP contribution in [0.25, 0.3) is 11.0 Å². The molecule has 0 spiro atoms. The van der Waals surface area contributed by atoms with E-state index in [-0.39, 0.29) is 0 Å². The summed E-state index contributed by atoms with van der Waals surface area (Å²) in [5, 5.41) is 0. The van der Waals surface area contributed by atoms with Gasteiger partial charge in [0.25, 0.3) is 0 Å². The molecular weight excluding hydrogens is 384 g/mol. The van der Waals surface area contributed by atoms with Crippen LogP contribution in [0.5, 0.6) is 5.75 Å². The van der Waals surface area contributed by atoms with Crippen molar-refractivity contribution in [1.29, 1.82) is 0 Å². The van der Waals surface area contributed by atoms with Gasteiger partial charge in [-0.15, -0.1) is 0 Å². The number of nitrogens with zero attached hydrogens (tertiary/aromatic N) is 4. The van der Waals surface area contributed by atoms with Crippen LogP contribution in [0.3, 0.4) is 0 Å². The molecule has 166 valence electrons. The van der Waals surface area contributed by atoms with Crippen LogP contribution in [-0.2, 0) is 20.0 Å². The number of likely N-dealkylation sites (tertiary alicyclic amines) is 1. The van der Waals surface area contributed by atoms with Gasteiger partial charge in [-0.1, -0.05) is 31.2 Å². The van der Waals surface area contributed by atoms with Crippen LogP contribution in [0.4, 0.5) is 0 Å². The van der Waals surface area contributed by atoms with Gasteiger partial charge in [0, 0.05) is 26.7 Å². The summed E-state index contributed by atoms with van der Waals surface area (Å²) in [6.07, 6.45) is 3.71. The van der Waals surface area contributed by atoms with Gasteiger partial charge in [0.1, 0.15) is 11.6 Å². The standard InChI is InChI=1S/C26H36N4O/c1-4-29(20-26-27-24-12-5-6-13-25(24)28(26)2)18-22-10-8-15-30(19-22)16-14-21-9-7-11-23(17-21)31-3/h5-7,9,11-13,17,22H,4,8,10,14-16,18-20H2,1-3H3. The minimum Gasteiger partial charge on any atom is -0.497 e. The van der Waals surface area contributed by atoms with Crippen LogP contribution < -0.4 is 4.74 Å². The second-order valence-corrected chi connectivity index (χ2v) is 8.81. The maximum atomic E-state index is 5.37. The molecule has 0 N–H and O–H groups in total. The van der Waals surface area contributed by atoms with Gasteiger partial charge >= 0.3 is 0 Å². The molecule has 0 bridgehead atoms. The number of benzene rings is 2. The van der Waals surface area contributed by atoms with Crippen LogP contribution >= 0.6 is 0 Å². The van der Waals surface area contributed by atoms with Crippen molar-refractivity contribution < 1.29 is 4.74 Å². The van der Waals surface area contributed by atoms with Crippen LogP contribution in [0.2, 0.25) is 0 Å². The molecule has 1 aromatic heterocycles.